The van der Waals surface area contributed by atoms with E-state index in [1.807, 2.05) is 35.6 Å². The van der Waals surface area contributed by atoms with E-state index in [0.29, 0.717) is 24.5 Å². The molecular formula is C19H25N7O2. The molecule has 148 valence electrons. The van der Waals surface area contributed by atoms with Gasteiger partial charge in [-0.1, -0.05) is 0 Å². The normalized spacial score (nSPS) is 15.4. The summed E-state index contributed by atoms with van der Waals surface area (Å²) in [6, 6.07) is 5.63. The van der Waals surface area contributed by atoms with Gasteiger partial charge in [-0.25, -0.2) is 0 Å². The summed E-state index contributed by atoms with van der Waals surface area (Å²) >= 11 is 0. The van der Waals surface area contributed by atoms with Crippen LogP contribution in [-0.4, -0.2) is 51.8 Å². The Hall–Kier alpha value is -2.94. The first-order valence-corrected chi connectivity index (χ1v) is 9.44. The molecule has 1 unspecified atom stereocenters. The van der Waals surface area contributed by atoms with Crippen LogP contribution in [0.3, 0.4) is 0 Å². The highest BCUT2D eigenvalue weighted by atomic mass is 16.3. The zero-order valence-electron chi connectivity index (χ0n) is 16.4. The van der Waals surface area contributed by atoms with Crippen molar-refractivity contribution in [1.29, 1.82) is 0 Å². The van der Waals surface area contributed by atoms with E-state index in [-0.39, 0.29) is 12.5 Å². The molecule has 0 aromatic carbocycles. The van der Waals surface area contributed by atoms with Crippen LogP contribution in [0, 0.1) is 13.8 Å². The summed E-state index contributed by atoms with van der Waals surface area (Å²) in [4.78, 5) is 14.7. The second-order valence-corrected chi connectivity index (χ2v) is 7.32. The zero-order chi connectivity index (χ0) is 19.8. The SMILES string of the molecule is Cc1cc(C)n(CC(=O)N2CCCn3nc(C(O)c4ccnn4C)cc3C2)n1. The predicted molar refractivity (Wildman–Crippen MR) is 101 cm³/mol. The van der Waals surface area contributed by atoms with Crippen molar-refractivity contribution in [2.75, 3.05) is 6.54 Å². The van der Waals surface area contributed by atoms with E-state index >= 15 is 0 Å². The molecule has 1 aliphatic rings. The number of carbonyl (C=O) groups is 1. The minimum absolute atomic E-state index is 0.0367. The lowest BCUT2D eigenvalue weighted by Gasteiger charge is -2.20. The molecule has 1 aliphatic heterocycles. The third kappa shape index (κ3) is 3.45. The molecule has 1 N–H and O–H groups in total. The molecule has 0 saturated heterocycles. The monoisotopic (exact) mass is 383 g/mol. The molecule has 1 amide bonds. The topological polar surface area (TPSA) is 94.0 Å². The molecule has 0 aliphatic carbocycles. The Kier molecular flexibility index (Phi) is 4.76. The van der Waals surface area contributed by atoms with Crippen molar-refractivity contribution < 1.29 is 9.90 Å². The van der Waals surface area contributed by atoms with Crippen molar-refractivity contribution in [2.45, 2.75) is 46.0 Å². The summed E-state index contributed by atoms with van der Waals surface area (Å²) in [5, 5.41) is 23.7. The molecule has 1 atom stereocenters. The first-order valence-electron chi connectivity index (χ1n) is 9.44. The van der Waals surface area contributed by atoms with E-state index < -0.39 is 6.10 Å². The van der Waals surface area contributed by atoms with Gasteiger partial charge in [0.25, 0.3) is 0 Å². The molecule has 0 radical (unpaired) electrons. The maximum atomic E-state index is 12.8. The van der Waals surface area contributed by atoms with Crippen molar-refractivity contribution in [1.82, 2.24) is 34.2 Å². The van der Waals surface area contributed by atoms with Crippen LogP contribution in [-0.2, 0) is 31.5 Å². The van der Waals surface area contributed by atoms with Crippen molar-refractivity contribution in [3.63, 3.8) is 0 Å². The third-order valence-electron chi connectivity index (χ3n) is 5.19. The molecule has 3 aromatic heterocycles. The number of aliphatic hydroxyl groups excluding tert-OH is 1. The highest BCUT2D eigenvalue weighted by Crippen LogP contribution is 2.23. The number of aromatic nitrogens is 6. The number of aliphatic hydroxyl groups is 1. The Morgan fingerprint density at radius 2 is 2.07 bits per heavy atom. The van der Waals surface area contributed by atoms with Crippen LogP contribution in [0.2, 0.25) is 0 Å². The van der Waals surface area contributed by atoms with Crippen LogP contribution >= 0.6 is 0 Å². The van der Waals surface area contributed by atoms with Crippen LogP contribution in [0.4, 0.5) is 0 Å². The zero-order valence-corrected chi connectivity index (χ0v) is 16.4. The highest BCUT2D eigenvalue weighted by Gasteiger charge is 2.24. The molecule has 28 heavy (non-hydrogen) atoms. The molecule has 9 heteroatoms. The first kappa shape index (κ1) is 18.4. The van der Waals surface area contributed by atoms with E-state index in [4.69, 9.17) is 0 Å². The molecule has 4 rings (SSSR count). The van der Waals surface area contributed by atoms with E-state index in [2.05, 4.69) is 15.3 Å². The Morgan fingerprint density at radius 3 is 2.75 bits per heavy atom. The van der Waals surface area contributed by atoms with Gasteiger partial charge in [-0.2, -0.15) is 15.3 Å². The summed E-state index contributed by atoms with van der Waals surface area (Å²) in [6.45, 7) is 5.99. The van der Waals surface area contributed by atoms with Gasteiger partial charge in [-0.15, -0.1) is 0 Å². The fourth-order valence-electron chi connectivity index (χ4n) is 3.70. The summed E-state index contributed by atoms with van der Waals surface area (Å²) in [5.74, 6) is 0.0367. The fraction of sp³-hybridized carbons (Fsp3) is 0.474. The maximum Gasteiger partial charge on any atom is 0.244 e. The number of nitrogens with zero attached hydrogens (tertiary/aromatic N) is 7. The quantitative estimate of drug-likeness (QED) is 0.724. The summed E-state index contributed by atoms with van der Waals surface area (Å²) < 4.78 is 5.28. The average Bonchev–Trinajstić information content (AvgIpc) is 3.30. The third-order valence-corrected chi connectivity index (χ3v) is 5.19. The molecule has 0 fully saturated rings. The second-order valence-electron chi connectivity index (χ2n) is 7.32. The minimum atomic E-state index is -0.842. The van der Waals surface area contributed by atoms with Crippen LogP contribution in [0.15, 0.2) is 24.4 Å². The molecule has 0 spiro atoms. The van der Waals surface area contributed by atoms with Crippen molar-refractivity contribution >= 4 is 5.91 Å². The molecule has 3 aromatic rings. The van der Waals surface area contributed by atoms with Crippen molar-refractivity contribution in [3.05, 3.63) is 52.9 Å². The lowest BCUT2D eigenvalue weighted by molar-refractivity contribution is -0.132. The molecular weight excluding hydrogens is 358 g/mol. The van der Waals surface area contributed by atoms with Crippen LogP contribution < -0.4 is 0 Å². The maximum absolute atomic E-state index is 12.8. The Bertz CT molecular complexity index is 1000. The van der Waals surface area contributed by atoms with Gasteiger partial charge in [0.1, 0.15) is 12.6 Å². The Morgan fingerprint density at radius 1 is 1.25 bits per heavy atom. The van der Waals surface area contributed by atoms with Crippen LogP contribution in [0.5, 0.6) is 0 Å². The van der Waals surface area contributed by atoms with Gasteiger partial charge in [0.15, 0.2) is 0 Å². The number of amides is 1. The lowest BCUT2D eigenvalue weighted by atomic mass is 10.2. The van der Waals surface area contributed by atoms with Gasteiger partial charge >= 0.3 is 0 Å². The largest absolute Gasteiger partial charge is 0.380 e. The minimum Gasteiger partial charge on any atom is -0.380 e. The van der Waals surface area contributed by atoms with E-state index in [1.165, 1.54) is 0 Å². The van der Waals surface area contributed by atoms with Gasteiger partial charge < -0.3 is 10.0 Å². The molecule has 0 bridgehead atoms. The summed E-state index contributed by atoms with van der Waals surface area (Å²) in [5.41, 5.74) is 4.08. The van der Waals surface area contributed by atoms with Gasteiger partial charge in [0.2, 0.25) is 5.91 Å². The first-order chi connectivity index (χ1) is 13.4. The number of rotatable bonds is 4. The van der Waals surface area contributed by atoms with E-state index in [1.54, 1.807) is 28.7 Å². The molecule has 9 nitrogen and oxygen atoms in total. The Labute approximate surface area is 163 Å². The number of aryl methyl sites for hydroxylation is 4. The number of hydrogen-bond donors (Lipinski definition) is 1. The summed E-state index contributed by atoms with van der Waals surface area (Å²) in [6.07, 6.45) is 1.63. The standard InChI is InChI=1S/C19H25N7O2/c1-13-9-14(2)26(21-13)12-18(27)24-7-4-8-25-15(11-24)10-16(22-25)19(28)17-5-6-20-23(17)3/h5-6,9-10,19,28H,4,7-8,11-12H2,1-3H3. The van der Waals surface area contributed by atoms with Gasteiger partial charge in [-0.05, 0) is 38.5 Å². The van der Waals surface area contributed by atoms with Crippen LogP contribution in [0.1, 0.15) is 41.0 Å². The van der Waals surface area contributed by atoms with Gasteiger partial charge in [0, 0.05) is 32.0 Å². The van der Waals surface area contributed by atoms with Crippen molar-refractivity contribution in [3.8, 4) is 0 Å². The van der Waals surface area contributed by atoms with Crippen LogP contribution in [0.25, 0.3) is 0 Å². The average molecular weight is 383 g/mol. The lowest BCUT2D eigenvalue weighted by Crippen LogP contribution is -2.34. The Balaban J connectivity index is 1.52. The van der Waals surface area contributed by atoms with Crippen molar-refractivity contribution in [2.24, 2.45) is 7.05 Å². The fourth-order valence-corrected chi connectivity index (χ4v) is 3.70. The van der Waals surface area contributed by atoms with E-state index in [9.17, 15) is 9.90 Å². The predicted octanol–water partition coefficient (Wildman–Crippen LogP) is 0.944. The molecule has 4 heterocycles. The summed E-state index contributed by atoms with van der Waals surface area (Å²) in [7, 11) is 1.79. The smallest absolute Gasteiger partial charge is 0.244 e. The number of carbonyl (C=O) groups excluding carboxylic acids is 1. The van der Waals surface area contributed by atoms with E-state index in [0.717, 1.165) is 30.0 Å². The highest BCUT2D eigenvalue weighted by molar-refractivity contribution is 5.76. The molecule has 0 saturated carbocycles. The van der Waals surface area contributed by atoms with Gasteiger partial charge in [-0.3, -0.25) is 18.8 Å². The second kappa shape index (κ2) is 7.23. The number of fused-ring (bicyclic) bond motifs is 1. The number of hydrogen-bond acceptors (Lipinski definition) is 5. The van der Waals surface area contributed by atoms with Gasteiger partial charge in [0.05, 0.1) is 29.3 Å².